The maximum Gasteiger partial charge on any atom is 0.270 e. The van der Waals surface area contributed by atoms with E-state index in [-0.39, 0.29) is 28.5 Å². The lowest BCUT2D eigenvalue weighted by molar-refractivity contribution is -0.384. The molecule has 6 nitrogen and oxygen atoms in total. The smallest absolute Gasteiger partial charge is 0.270 e. The van der Waals surface area contributed by atoms with E-state index in [0.29, 0.717) is 18.7 Å². The average molecular weight is 314 g/mol. The van der Waals surface area contributed by atoms with Gasteiger partial charge in [-0.25, -0.2) is 0 Å². The van der Waals surface area contributed by atoms with Crippen LogP contribution in [0.2, 0.25) is 5.02 Å². The number of carbonyl (C=O) groups excluding carboxylic acids is 1. The summed E-state index contributed by atoms with van der Waals surface area (Å²) in [6.07, 6.45) is 0.105. The van der Waals surface area contributed by atoms with Crippen LogP contribution in [0, 0.1) is 15.5 Å². The minimum absolute atomic E-state index is 0.0891. The van der Waals surface area contributed by atoms with Crippen LogP contribution in [-0.4, -0.2) is 35.9 Å². The van der Waals surface area contributed by atoms with Crippen molar-refractivity contribution >= 4 is 23.2 Å². The van der Waals surface area contributed by atoms with Crippen molar-refractivity contribution in [1.29, 1.82) is 0 Å². The SMILES string of the molecule is CN(CC(C)(C)CN)C(=O)Cc1ccc([N+](=O)[O-])cc1Cl. The van der Waals surface area contributed by atoms with E-state index in [1.54, 1.807) is 11.9 Å². The maximum absolute atomic E-state index is 12.2. The van der Waals surface area contributed by atoms with Gasteiger partial charge in [0.15, 0.2) is 0 Å². The first-order valence-electron chi connectivity index (χ1n) is 6.53. The molecule has 0 radical (unpaired) electrons. The predicted molar refractivity (Wildman–Crippen MR) is 82.3 cm³/mol. The number of nitro benzene ring substituents is 1. The maximum atomic E-state index is 12.2. The van der Waals surface area contributed by atoms with E-state index in [0.717, 1.165) is 0 Å². The summed E-state index contributed by atoms with van der Waals surface area (Å²) in [5, 5.41) is 10.9. The minimum atomic E-state index is -0.520. The van der Waals surface area contributed by atoms with E-state index in [1.807, 2.05) is 13.8 Å². The Kier molecular flexibility index (Phi) is 5.69. The highest BCUT2D eigenvalue weighted by atomic mass is 35.5. The molecule has 0 atom stereocenters. The Hall–Kier alpha value is -1.66. The van der Waals surface area contributed by atoms with Crippen molar-refractivity contribution in [1.82, 2.24) is 4.90 Å². The zero-order chi connectivity index (χ0) is 16.2. The molecule has 116 valence electrons. The molecule has 0 bridgehead atoms. The van der Waals surface area contributed by atoms with Gasteiger partial charge in [0.05, 0.1) is 16.4 Å². The predicted octanol–water partition coefficient (Wildman–Crippen LogP) is 2.23. The summed E-state index contributed by atoms with van der Waals surface area (Å²) in [5.74, 6) is -0.104. The zero-order valence-corrected chi connectivity index (χ0v) is 13.2. The van der Waals surface area contributed by atoms with Gasteiger partial charge in [0.2, 0.25) is 5.91 Å². The summed E-state index contributed by atoms with van der Waals surface area (Å²) < 4.78 is 0. The van der Waals surface area contributed by atoms with Gasteiger partial charge in [-0.05, 0) is 17.5 Å². The van der Waals surface area contributed by atoms with Crippen molar-refractivity contribution in [2.45, 2.75) is 20.3 Å². The summed E-state index contributed by atoms with van der Waals surface area (Å²) >= 11 is 5.99. The fraction of sp³-hybridized carbons (Fsp3) is 0.500. The van der Waals surface area contributed by atoms with Crippen molar-refractivity contribution in [3.63, 3.8) is 0 Å². The number of likely N-dealkylation sites (N-methyl/N-ethyl adjacent to an activating group) is 1. The Balaban J connectivity index is 2.77. The first-order valence-corrected chi connectivity index (χ1v) is 6.91. The van der Waals surface area contributed by atoms with Crippen LogP contribution in [0.5, 0.6) is 0 Å². The molecule has 7 heteroatoms. The van der Waals surface area contributed by atoms with Crippen molar-refractivity contribution in [3.05, 3.63) is 38.9 Å². The highest BCUT2D eigenvalue weighted by Crippen LogP contribution is 2.23. The molecule has 1 aromatic carbocycles. The molecule has 2 N–H and O–H groups in total. The molecule has 21 heavy (non-hydrogen) atoms. The number of non-ortho nitro benzene ring substituents is 1. The highest BCUT2D eigenvalue weighted by molar-refractivity contribution is 6.31. The van der Waals surface area contributed by atoms with Gasteiger partial charge in [-0.1, -0.05) is 31.5 Å². The minimum Gasteiger partial charge on any atom is -0.345 e. The molecule has 0 fully saturated rings. The van der Waals surface area contributed by atoms with Crippen LogP contribution < -0.4 is 5.73 Å². The Morgan fingerprint density at radius 1 is 1.48 bits per heavy atom. The number of halogens is 1. The summed E-state index contributed by atoms with van der Waals surface area (Å²) in [4.78, 5) is 23.9. The van der Waals surface area contributed by atoms with E-state index in [1.165, 1.54) is 18.2 Å². The molecular weight excluding hydrogens is 294 g/mol. The van der Waals surface area contributed by atoms with Crippen LogP contribution in [0.15, 0.2) is 18.2 Å². The van der Waals surface area contributed by atoms with Gasteiger partial charge >= 0.3 is 0 Å². The van der Waals surface area contributed by atoms with E-state index < -0.39 is 4.92 Å². The molecule has 1 aromatic rings. The van der Waals surface area contributed by atoms with Gasteiger partial charge in [0.1, 0.15) is 0 Å². The molecule has 1 rings (SSSR count). The van der Waals surface area contributed by atoms with Crippen molar-refractivity contribution < 1.29 is 9.72 Å². The molecule has 0 saturated carbocycles. The zero-order valence-electron chi connectivity index (χ0n) is 12.4. The van der Waals surface area contributed by atoms with Crippen LogP contribution in [0.25, 0.3) is 0 Å². The van der Waals surface area contributed by atoms with E-state index >= 15 is 0 Å². The lowest BCUT2D eigenvalue weighted by Gasteiger charge is -2.29. The monoisotopic (exact) mass is 313 g/mol. The lowest BCUT2D eigenvalue weighted by Crippen LogP contribution is -2.40. The molecule has 0 aliphatic carbocycles. The van der Waals surface area contributed by atoms with Crippen LogP contribution in [0.1, 0.15) is 19.4 Å². The van der Waals surface area contributed by atoms with Crippen LogP contribution >= 0.6 is 11.6 Å². The molecule has 0 spiro atoms. The van der Waals surface area contributed by atoms with Gasteiger partial charge in [-0.15, -0.1) is 0 Å². The Labute approximate surface area is 129 Å². The number of nitro groups is 1. The van der Waals surface area contributed by atoms with Crippen LogP contribution in [-0.2, 0) is 11.2 Å². The number of rotatable bonds is 6. The van der Waals surface area contributed by atoms with Gasteiger partial charge in [-0.2, -0.15) is 0 Å². The van der Waals surface area contributed by atoms with Gasteiger partial charge in [0.25, 0.3) is 5.69 Å². The topological polar surface area (TPSA) is 89.5 Å². The standard InChI is InChI=1S/C14H20ClN3O3/c1-14(2,8-16)9-17(3)13(19)6-10-4-5-11(18(20)21)7-12(10)15/h4-5,7H,6,8-9,16H2,1-3H3. The lowest BCUT2D eigenvalue weighted by atomic mass is 9.93. The van der Waals surface area contributed by atoms with E-state index in [2.05, 4.69) is 0 Å². The highest BCUT2D eigenvalue weighted by Gasteiger charge is 2.22. The van der Waals surface area contributed by atoms with Gasteiger partial charge in [0, 0.05) is 25.7 Å². The molecule has 0 unspecified atom stereocenters. The molecule has 0 saturated heterocycles. The fourth-order valence-corrected chi connectivity index (χ4v) is 2.13. The number of benzene rings is 1. The largest absolute Gasteiger partial charge is 0.345 e. The third-order valence-corrected chi connectivity index (χ3v) is 3.58. The first kappa shape index (κ1) is 17.4. The summed E-state index contributed by atoms with van der Waals surface area (Å²) in [6.45, 7) is 4.97. The quantitative estimate of drug-likeness (QED) is 0.644. The number of nitrogens with two attached hydrogens (primary N) is 1. The second kappa shape index (κ2) is 6.87. The third-order valence-electron chi connectivity index (χ3n) is 3.23. The summed E-state index contributed by atoms with van der Waals surface area (Å²) in [5.41, 5.74) is 5.98. The Morgan fingerprint density at radius 3 is 2.57 bits per heavy atom. The summed E-state index contributed by atoms with van der Waals surface area (Å²) in [7, 11) is 1.71. The fourth-order valence-electron chi connectivity index (χ4n) is 1.89. The molecule has 0 aromatic heterocycles. The van der Waals surface area contributed by atoms with Crippen LogP contribution in [0.3, 0.4) is 0 Å². The molecule has 0 aliphatic heterocycles. The molecule has 1 amide bonds. The molecule has 0 aliphatic rings. The Bertz CT molecular complexity index is 546. The second-order valence-corrected chi connectivity index (χ2v) is 6.23. The molecule has 0 heterocycles. The Morgan fingerprint density at radius 2 is 2.10 bits per heavy atom. The van der Waals surface area contributed by atoms with Crippen molar-refractivity contribution in [3.8, 4) is 0 Å². The molecular formula is C14H20ClN3O3. The number of hydrogen-bond acceptors (Lipinski definition) is 4. The first-order chi connectivity index (χ1) is 9.66. The second-order valence-electron chi connectivity index (χ2n) is 5.83. The van der Waals surface area contributed by atoms with Gasteiger partial charge < -0.3 is 10.6 Å². The number of carbonyl (C=O) groups is 1. The summed E-state index contributed by atoms with van der Waals surface area (Å²) in [6, 6.07) is 4.12. The van der Waals surface area contributed by atoms with E-state index in [4.69, 9.17) is 17.3 Å². The number of hydrogen-bond donors (Lipinski definition) is 1. The van der Waals surface area contributed by atoms with Gasteiger partial charge in [-0.3, -0.25) is 14.9 Å². The van der Waals surface area contributed by atoms with Crippen molar-refractivity contribution in [2.24, 2.45) is 11.1 Å². The number of amides is 1. The van der Waals surface area contributed by atoms with E-state index in [9.17, 15) is 14.9 Å². The van der Waals surface area contributed by atoms with Crippen LogP contribution in [0.4, 0.5) is 5.69 Å². The van der Waals surface area contributed by atoms with Crippen molar-refractivity contribution in [2.75, 3.05) is 20.1 Å². The normalized spacial score (nSPS) is 11.3. The number of nitrogens with zero attached hydrogens (tertiary/aromatic N) is 2. The average Bonchev–Trinajstić information content (AvgIpc) is 2.40. The third kappa shape index (κ3) is 4.99.